The fourth-order valence-electron chi connectivity index (χ4n) is 2.04. The van der Waals surface area contributed by atoms with E-state index in [1.165, 1.54) is 19.2 Å². The third kappa shape index (κ3) is 3.77. The van der Waals surface area contributed by atoms with Crippen LogP contribution in [-0.2, 0) is 11.2 Å². The first kappa shape index (κ1) is 16.1. The van der Waals surface area contributed by atoms with E-state index in [0.29, 0.717) is 30.1 Å². The molecule has 24 heavy (non-hydrogen) atoms. The molecule has 0 aliphatic carbocycles. The van der Waals surface area contributed by atoms with Gasteiger partial charge < -0.3 is 14.2 Å². The topological polar surface area (TPSA) is 98.1 Å². The molecule has 0 spiro atoms. The van der Waals surface area contributed by atoms with Gasteiger partial charge in [-0.2, -0.15) is 4.98 Å². The number of carbonyl (C=O) groups excluding carboxylic acids is 2. The number of nitrogens with zero attached hydrogens (tertiary/aromatic N) is 2. The predicted molar refractivity (Wildman–Crippen MR) is 87.0 cm³/mol. The molecule has 3 aromatic rings. The second-order valence-corrected chi connectivity index (χ2v) is 6.03. The van der Waals surface area contributed by atoms with Gasteiger partial charge in [-0.1, -0.05) is 11.2 Å². The Morgan fingerprint density at radius 1 is 1.42 bits per heavy atom. The minimum absolute atomic E-state index is 0.108. The summed E-state index contributed by atoms with van der Waals surface area (Å²) in [7, 11) is 0. The van der Waals surface area contributed by atoms with Crippen LogP contribution in [0.4, 0.5) is 0 Å². The molecule has 0 saturated carbocycles. The summed E-state index contributed by atoms with van der Waals surface area (Å²) < 4.78 is 10.3. The maximum Gasteiger partial charge on any atom is 0.354 e. The van der Waals surface area contributed by atoms with Gasteiger partial charge in [0.2, 0.25) is 11.7 Å². The van der Waals surface area contributed by atoms with Crippen molar-refractivity contribution >= 4 is 23.1 Å². The number of esters is 1. The number of hydrogen-bond acceptors (Lipinski definition) is 7. The predicted octanol–water partition coefficient (Wildman–Crippen LogP) is 3.12. The smallest absolute Gasteiger partial charge is 0.354 e. The molecule has 3 rings (SSSR count). The summed E-state index contributed by atoms with van der Waals surface area (Å²) >= 11 is 1.54. The van der Waals surface area contributed by atoms with Crippen molar-refractivity contribution in [1.29, 1.82) is 0 Å². The average molecular weight is 345 g/mol. The first-order valence-electron chi connectivity index (χ1n) is 7.36. The van der Waals surface area contributed by atoms with Crippen LogP contribution in [0.15, 0.2) is 34.3 Å². The third-order valence-corrected chi connectivity index (χ3v) is 4.15. The Bertz CT molecular complexity index is 835. The first-order valence-corrected chi connectivity index (χ1v) is 8.24. The zero-order valence-electron chi connectivity index (χ0n) is 12.9. The Morgan fingerprint density at radius 2 is 2.29 bits per heavy atom. The molecule has 7 nitrogen and oxygen atoms in total. The van der Waals surface area contributed by atoms with Crippen molar-refractivity contribution in [2.45, 2.75) is 19.8 Å². The Hall–Kier alpha value is -2.74. The summed E-state index contributed by atoms with van der Waals surface area (Å²) in [6.45, 7) is 1.66. The van der Waals surface area contributed by atoms with E-state index in [4.69, 9.17) is 9.26 Å². The van der Waals surface area contributed by atoms with E-state index in [-0.39, 0.29) is 18.1 Å². The molecule has 0 radical (unpaired) electrons. The molecule has 0 fully saturated rings. The number of thiophene rings is 1. The summed E-state index contributed by atoms with van der Waals surface area (Å²) in [4.78, 5) is 31.0. The molecule has 8 heteroatoms. The lowest BCUT2D eigenvalue weighted by molar-refractivity contribution is 0.0492. The molecule has 0 amide bonds. The van der Waals surface area contributed by atoms with E-state index in [9.17, 15) is 9.59 Å². The standard InChI is InChI=1S/C16H15N3O4S/c1-10(20)11-8-12(17-9-11)16(21)22-6-2-5-14-18-15(19-23-14)13-4-3-7-24-13/h3-4,7-9,17H,2,5-6H2,1H3. The van der Waals surface area contributed by atoms with Gasteiger partial charge >= 0.3 is 5.97 Å². The Labute approximate surface area is 141 Å². The highest BCUT2D eigenvalue weighted by atomic mass is 32.1. The zero-order valence-corrected chi connectivity index (χ0v) is 13.8. The minimum Gasteiger partial charge on any atom is -0.461 e. The van der Waals surface area contributed by atoms with Crippen molar-refractivity contribution in [2.75, 3.05) is 6.61 Å². The number of nitrogens with one attached hydrogen (secondary N) is 1. The van der Waals surface area contributed by atoms with Gasteiger partial charge in [-0.3, -0.25) is 4.79 Å². The molecule has 0 saturated heterocycles. The van der Waals surface area contributed by atoms with Crippen LogP contribution >= 0.6 is 11.3 Å². The van der Waals surface area contributed by atoms with Gasteiger partial charge in [0.1, 0.15) is 5.69 Å². The third-order valence-electron chi connectivity index (χ3n) is 3.29. The summed E-state index contributed by atoms with van der Waals surface area (Å²) in [5.41, 5.74) is 0.715. The van der Waals surface area contributed by atoms with Crippen LogP contribution in [0.2, 0.25) is 0 Å². The van der Waals surface area contributed by atoms with Crippen LogP contribution in [0.3, 0.4) is 0 Å². The molecule has 124 valence electrons. The van der Waals surface area contributed by atoms with E-state index in [1.54, 1.807) is 11.3 Å². The number of carbonyl (C=O) groups is 2. The first-order chi connectivity index (χ1) is 11.6. The van der Waals surface area contributed by atoms with Crippen molar-refractivity contribution in [3.8, 4) is 10.7 Å². The summed E-state index contributed by atoms with van der Waals surface area (Å²) in [5, 5.41) is 5.87. The van der Waals surface area contributed by atoms with Crippen LogP contribution in [0, 0.1) is 0 Å². The van der Waals surface area contributed by atoms with E-state index in [2.05, 4.69) is 15.1 Å². The van der Waals surface area contributed by atoms with E-state index in [1.807, 2.05) is 17.5 Å². The maximum atomic E-state index is 11.8. The van der Waals surface area contributed by atoms with E-state index >= 15 is 0 Å². The molecule has 1 N–H and O–H groups in total. The number of ether oxygens (including phenoxy) is 1. The summed E-state index contributed by atoms with van der Waals surface area (Å²) in [5.74, 6) is 0.476. The van der Waals surface area contributed by atoms with Gasteiger partial charge in [0.15, 0.2) is 5.78 Å². The molecular formula is C16H15N3O4S. The van der Waals surface area contributed by atoms with Crippen LogP contribution in [0.25, 0.3) is 10.7 Å². The van der Waals surface area contributed by atoms with Gasteiger partial charge in [0.05, 0.1) is 11.5 Å². The second-order valence-electron chi connectivity index (χ2n) is 5.09. The number of aryl methyl sites for hydroxylation is 1. The number of aromatic nitrogens is 3. The Kier molecular flexibility index (Phi) is 4.85. The lowest BCUT2D eigenvalue weighted by Gasteiger charge is -2.01. The van der Waals surface area contributed by atoms with Gasteiger partial charge in [0.25, 0.3) is 0 Å². The van der Waals surface area contributed by atoms with Crippen molar-refractivity contribution in [1.82, 2.24) is 15.1 Å². The number of H-pyrrole nitrogens is 1. The fraction of sp³-hybridized carbons (Fsp3) is 0.250. The molecule has 0 atom stereocenters. The molecule has 0 aliphatic rings. The average Bonchev–Trinajstić information content (AvgIpc) is 3.32. The molecule has 0 aromatic carbocycles. The molecule has 3 aromatic heterocycles. The lowest BCUT2D eigenvalue weighted by Crippen LogP contribution is -2.07. The van der Waals surface area contributed by atoms with Gasteiger partial charge in [-0.15, -0.1) is 11.3 Å². The van der Waals surface area contributed by atoms with Gasteiger partial charge in [0, 0.05) is 18.2 Å². The zero-order chi connectivity index (χ0) is 16.9. The number of Topliss-reactive ketones (excluding diaryl/α,β-unsaturated/α-hetero) is 1. The summed E-state index contributed by atoms with van der Waals surface area (Å²) in [6.07, 6.45) is 2.58. The van der Waals surface area contributed by atoms with Crippen molar-refractivity contribution in [3.05, 3.63) is 46.9 Å². The highest BCUT2D eigenvalue weighted by Crippen LogP contribution is 2.21. The maximum absolute atomic E-state index is 11.8. The fourth-order valence-corrected chi connectivity index (χ4v) is 2.69. The van der Waals surface area contributed by atoms with Crippen LogP contribution < -0.4 is 0 Å². The van der Waals surface area contributed by atoms with E-state index < -0.39 is 5.97 Å². The minimum atomic E-state index is -0.493. The molecule has 0 unspecified atom stereocenters. The van der Waals surface area contributed by atoms with Crippen molar-refractivity contribution in [2.24, 2.45) is 0 Å². The van der Waals surface area contributed by atoms with E-state index in [0.717, 1.165) is 4.88 Å². The number of rotatable bonds is 7. The second kappa shape index (κ2) is 7.22. The number of aromatic amines is 1. The quantitative estimate of drug-likeness (QED) is 0.401. The normalized spacial score (nSPS) is 10.7. The van der Waals surface area contributed by atoms with Crippen molar-refractivity contribution in [3.63, 3.8) is 0 Å². The van der Waals surface area contributed by atoms with Crippen molar-refractivity contribution < 1.29 is 18.8 Å². The molecule has 3 heterocycles. The highest BCUT2D eigenvalue weighted by molar-refractivity contribution is 7.13. The number of hydrogen-bond donors (Lipinski definition) is 1. The SMILES string of the molecule is CC(=O)c1c[nH]c(C(=O)OCCCc2nc(-c3cccs3)no2)c1. The molecule has 0 bridgehead atoms. The largest absolute Gasteiger partial charge is 0.461 e. The van der Waals surface area contributed by atoms with Crippen LogP contribution in [0.1, 0.15) is 40.1 Å². The van der Waals surface area contributed by atoms with Gasteiger partial charge in [-0.25, -0.2) is 4.79 Å². The van der Waals surface area contributed by atoms with Crippen LogP contribution in [-0.4, -0.2) is 33.5 Å². The monoisotopic (exact) mass is 345 g/mol. The lowest BCUT2D eigenvalue weighted by atomic mass is 10.2. The Balaban J connectivity index is 1.45. The van der Waals surface area contributed by atoms with Crippen LogP contribution in [0.5, 0.6) is 0 Å². The highest BCUT2D eigenvalue weighted by Gasteiger charge is 2.13. The Morgan fingerprint density at radius 3 is 3.00 bits per heavy atom. The summed E-state index contributed by atoms with van der Waals surface area (Å²) in [6, 6.07) is 5.33. The van der Waals surface area contributed by atoms with Gasteiger partial charge in [-0.05, 0) is 30.9 Å². The molecule has 0 aliphatic heterocycles. The number of ketones is 1. The molecular weight excluding hydrogens is 330 g/mol.